The molecule has 0 unspecified atom stereocenters. The molecular weight excluding hydrogens is 312 g/mol. The second-order valence-electron chi connectivity index (χ2n) is 9.09. The molecule has 140 valence electrons. The van der Waals surface area contributed by atoms with E-state index in [2.05, 4.69) is 51.5 Å². The molecule has 2 aliphatic heterocycles. The monoisotopic (exact) mass is 346 g/mol. The second-order valence-corrected chi connectivity index (χ2v) is 9.09. The summed E-state index contributed by atoms with van der Waals surface area (Å²) in [6.07, 6.45) is 4.68. The quantitative estimate of drug-likeness (QED) is 0.842. The number of aromatic nitrogens is 2. The smallest absolute Gasteiger partial charge is 0.274 e. The van der Waals surface area contributed by atoms with E-state index in [0.717, 1.165) is 31.6 Å². The highest BCUT2D eigenvalue weighted by Gasteiger charge is 2.39. The lowest BCUT2D eigenvalue weighted by Crippen LogP contribution is -2.47. The first-order valence-electron chi connectivity index (χ1n) is 9.82. The van der Waals surface area contributed by atoms with Crippen LogP contribution < -0.4 is 0 Å². The van der Waals surface area contributed by atoms with Crippen molar-refractivity contribution < 1.29 is 4.79 Å². The number of nitrogens with zero attached hydrogens (tertiary/aromatic N) is 4. The van der Waals surface area contributed by atoms with Crippen molar-refractivity contribution in [2.24, 2.45) is 0 Å². The number of likely N-dealkylation sites (tertiary alicyclic amines) is 2. The highest BCUT2D eigenvalue weighted by atomic mass is 16.2. The van der Waals surface area contributed by atoms with Gasteiger partial charge < -0.3 is 9.80 Å². The highest BCUT2D eigenvalue weighted by molar-refractivity contribution is 5.93. The molecule has 0 aromatic carbocycles. The minimum atomic E-state index is -0.117. The third-order valence-electron chi connectivity index (χ3n) is 5.76. The first kappa shape index (κ1) is 18.4. The van der Waals surface area contributed by atoms with Gasteiger partial charge >= 0.3 is 0 Å². The van der Waals surface area contributed by atoms with Crippen LogP contribution in [0.15, 0.2) is 6.07 Å². The fraction of sp³-hybridized carbons (Fsp3) is 0.800. The predicted octanol–water partition coefficient (Wildman–Crippen LogP) is 3.46. The van der Waals surface area contributed by atoms with Crippen LogP contribution >= 0.6 is 0 Å². The zero-order valence-electron chi connectivity index (χ0n) is 16.7. The van der Waals surface area contributed by atoms with E-state index in [0.29, 0.717) is 23.7 Å². The molecule has 5 heteroatoms. The normalized spacial score (nSPS) is 25.3. The van der Waals surface area contributed by atoms with E-state index in [1.54, 1.807) is 0 Å². The van der Waals surface area contributed by atoms with Crippen LogP contribution in [-0.4, -0.2) is 57.7 Å². The summed E-state index contributed by atoms with van der Waals surface area (Å²) < 4.78 is 2.04. The van der Waals surface area contributed by atoms with E-state index in [1.165, 1.54) is 12.8 Å². The van der Waals surface area contributed by atoms with Crippen molar-refractivity contribution in [2.45, 2.75) is 83.8 Å². The summed E-state index contributed by atoms with van der Waals surface area (Å²) in [7, 11) is 2.20. The molecule has 0 bridgehead atoms. The number of hydrogen-bond donors (Lipinski definition) is 0. The van der Waals surface area contributed by atoms with E-state index in [9.17, 15) is 4.79 Å². The fourth-order valence-corrected chi connectivity index (χ4v) is 4.46. The zero-order chi connectivity index (χ0) is 18.4. The fourth-order valence-electron chi connectivity index (χ4n) is 4.46. The van der Waals surface area contributed by atoms with Crippen molar-refractivity contribution in [3.05, 3.63) is 17.5 Å². The number of likely N-dealkylation sites (N-methyl/N-ethyl adjacent to an activating group) is 1. The summed E-state index contributed by atoms with van der Waals surface area (Å²) in [6.45, 7) is 12.8. The Morgan fingerprint density at radius 2 is 1.80 bits per heavy atom. The molecular formula is C20H34N4O. The maximum atomic E-state index is 13.3. The molecule has 0 saturated carbocycles. The van der Waals surface area contributed by atoms with Gasteiger partial charge in [-0.15, -0.1) is 0 Å². The van der Waals surface area contributed by atoms with E-state index < -0.39 is 0 Å². The Balaban J connectivity index is 1.87. The van der Waals surface area contributed by atoms with Crippen molar-refractivity contribution in [3.63, 3.8) is 0 Å². The van der Waals surface area contributed by atoms with Crippen LogP contribution in [0.5, 0.6) is 0 Å². The summed E-state index contributed by atoms with van der Waals surface area (Å²) >= 11 is 0. The summed E-state index contributed by atoms with van der Waals surface area (Å²) in [5.41, 5.74) is 1.64. The van der Waals surface area contributed by atoms with Gasteiger partial charge in [-0.3, -0.25) is 9.48 Å². The van der Waals surface area contributed by atoms with Crippen LogP contribution in [-0.2, 0) is 5.54 Å². The van der Waals surface area contributed by atoms with Crippen molar-refractivity contribution in [1.29, 1.82) is 0 Å². The third-order valence-corrected chi connectivity index (χ3v) is 5.76. The van der Waals surface area contributed by atoms with Crippen molar-refractivity contribution in [3.8, 4) is 0 Å². The van der Waals surface area contributed by atoms with Gasteiger partial charge in [0.15, 0.2) is 5.69 Å². The molecule has 1 aromatic rings. The topological polar surface area (TPSA) is 41.4 Å². The van der Waals surface area contributed by atoms with Crippen LogP contribution in [0.3, 0.4) is 0 Å². The molecule has 0 N–H and O–H groups in total. The molecule has 25 heavy (non-hydrogen) atoms. The summed E-state index contributed by atoms with van der Waals surface area (Å²) in [5.74, 6) is 0.469. The average molecular weight is 347 g/mol. The minimum Gasteiger partial charge on any atom is -0.333 e. The lowest BCUT2D eigenvalue weighted by molar-refractivity contribution is 0.0657. The molecule has 0 spiro atoms. The predicted molar refractivity (Wildman–Crippen MR) is 101 cm³/mol. The maximum Gasteiger partial charge on any atom is 0.274 e. The summed E-state index contributed by atoms with van der Waals surface area (Å²) in [5, 5.41) is 4.74. The van der Waals surface area contributed by atoms with Gasteiger partial charge in [-0.05, 0) is 72.0 Å². The van der Waals surface area contributed by atoms with Crippen molar-refractivity contribution in [2.75, 3.05) is 20.1 Å². The Morgan fingerprint density at radius 1 is 1.16 bits per heavy atom. The van der Waals surface area contributed by atoms with Crippen molar-refractivity contribution in [1.82, 2.24) is 19.6 Å². The Labute approximate surface area is 152 Å². The molecule has 2 atom stereocenters. The van der Waals surface area contributed by atoms with Gasteiger partial charge in [-0.2, -0.15) is 5.10 Å². The van der Waals surface area contributed by atoms with E-state index >= 15 is 0 Å². The van der Waals surface area contributed by atoms with Crippen LogP contribution in [0.1, 0.15) is 82.4 Å². The Hall–Kier alpha value is -1.36. The van der Waals surface area contributed by atoms with Crippen LogP contribution in [0.25, 0.3) is 0 Å². The lowest BCUT2D eigenvalue weighted by Gasteiger charge is -2.32. The van der Waals surface area contributed by atoms with E-state index in [1.807, 2.05) is 10.7 Å². The zero-order valence-corrected chi connectivity index (χ0v) is 16.7. The maximum absolute atomic E-state index is 13.3. The number of amides is 1. The number of hydrogen-bond acceptors (Lipinski definition) is 3. The first-order chi connectivity index (χ1) is 11.7. The minimum absolute atomic E-state index is 0.117. The summed E-state index contributed by atoms with van der Waals surface area (Å²) in [4.78, 5) is 17.8. The first-order valence-corrected chi connectivity index (χ1v) is 9.82. The Kier molecular flexibility index (Phi) is 4.97. The van der Waals surface area contributed by atoms with Gasteiger partial charge in [0, 0.05) is 24.3 Å². The molecule has 2 fully saturated rings. The molecule has 2 aliphatic rings. The van der Waals surface area contributed by atoms with Gasteiger partial charge in [-0.1, -0.05) is 13.8 Å². The molecule has 1 amide bonds. The molecule has 1 aromatic heterocycles. The second kappa shape index (κ2) is 6.75. The van der Waals surface area contributed by atoms with Gasteiger partial charge in [0.25, 0.3) is 5.91 Å². The van der Waals surface area contributed by atoms with Crippen LogP contribution in [0, 0.1) is 0 Å². The lowest BCUT2D eigenvalue weighted by atomic mass is 10.0. The van der Waals surface area contributed by atoms with Crippen LogP contribution in [0.4, 0.5) is 0 Å². The van der Waals surface area contributed by atoms with Crippen LogP contribution in [0.2, 0.25) is 0 Å². The van der Waals surface area contributed by atoms with Gasteiger partial charge in [-0.25, -0.2) is 0 Å². The summed E-state index contributed by atoms with van der Waals surface area (Å²) in [6, 6.07) is 2.88. The number of rotatable bonds is 3. The molecule has 3 heterocycles. The molecule has 3 rings (SSSR count). The molecule has 5 nitrogen and oxygen atoms in total. The van der Waals surface area contributed by atoms with E-state index in [-0.39, 0.29) is 11.4 Å². The highest BCUT2D eigenvalue weighted by Crippen LogP contribution is 2.31. The van der Waals surface area contributed by atoms with Gasteiger partial charge in [0.05, 0.1) is 5.54 Å². The third kappa shape index (κ3) is 3.48. The average Bonchev–Trinajstić information content (AvgIpc) is 3.23. The SMILES string of the molecule is CC(C)c1cc(C(=O)N2CCC[C@H]2[C@H]2CCCN2C)nn1C(C)(C)C. The van der Waals surface area contributed by atoms with Gasteiger partial charge in [0.2, 0.25) is 0 Å². The number of carbonyl (C=O) groups is 1. The molecule has 0 radical (unpaired) electrons. The standard InChI is InChI=1S/C20H34N4O/c1-14(2)18-13-15(21-24(18)20(3,4)5)19(25)23-12-8-10-17(23)16-9-7-11-22(16)6/h13-14,16-17H,7-12H2,1-6H3/t16-,17+/m1/s1. The Morgan fingerprint density at radius 3 is 2.32 bits per heavy atom. The largest absolute Gasteiger partial charge is 0.333 e. The van der Waals surface area contributed by atoms with E-state index in [4.69, 9.17) is 5.10 Å². The number of carbonyl (C=O) groups excluding carboxylic acids is 1. The molecule has 2 saturated heterocycles. The molecule has 0 aliphatic carbocycles. The van der Waals surface area contributed by atoms with Gasteiger partial charge in [0.1, 0.15) is 0 Å². The Bertz CT molecular complexity index is 628. The van der Waals surface area contributed by atoms with Crippen molar-refractivity contribution >= 4 is 5.91 Å².